The van der Waals surface area contributed by atoms with E-state index in [2.05, 4.69) is 56.2 Å². The third-order valence-corrected chi connectivity index (χ3v) is 6.21. The van der Waals surface area contributed by atoms with E-state index < -0.39 is 0 Å². The summed E-state index contributed by atoms with van der Waals surface area (Å²) in [4.78, 5) is 19.4. The van der Waals surface area contributed by atoms with Gasteiger partial charge in [0.05, 0.1) is 5.92 Å². The predicted molar refractivity (Wildman–Crippen MR) is 124 cm³/mol. The molecule has 31 heavy (non-hydrogen) atoms. The zero-order valence-corrected chi connectivity index (χ0v) is 18.7. The molecule has 1 aliphatic rings. The minimum atomic E-state index is 0.0459. The Kier molecular flexibility index (Phi) is 7.05. The summed E-state index contributed by atoms with van der Waals surface area (Å²) in [6.07, 6.45) is 5.81. The molecule has 0 aliphatic carbocycles. The Labute approximate surface area is 189 Å². The molecule has 6 heteroatoms. The van der Waals surface area contributed by atoms with Crippen LogP contribution in [-0.4, -0.2) is 33.4 Å². The third-order valence-electron chi connectivity index (χ3n) is 5.96. The predicted octanol–water partition coefficient (Wildman–Crippen LogP) is 4.42. The number of benzene rings is 2. The normalized spacial score (nSPS) is 16.9. The molecule has 162 valence electrons. The van der Waals surface area contributed by atoms with Crippen LogP contribution in [0.5, 0.6) is 0 Å². The lowest BCUT2D eigenvalue weighted by Gasteiger charge is -2.32. The lowest BCUT2D eigenvalue weighted by molar-refractivity contribution is -0.126. The number of carbonyl (C=O) groups is 1. The van der Waals surface area contributed by atoms with Gasteiger partial charge in [-0.15, -0.1) is 0 Å². The molecule has 1 N–H and O–H groups in total. The van der Waals surface area contributed by atoms with Gasteiger partial charge in [-0.2, -0.15) is 0 Å². The average molecular weight is 437 g/mol. The van der Waals surface area contributed by atoms with Crippen molar-refractivity contribution in [1.82, 2.24) is 19.8 Å². The van der Waals surface area contributed by atoms with Crippen LogP contribution in [0.15, 0.2) is 60.9 Å². The molecule has 4 rings (SSSR count). The Morgan fingerprint density at radius 3 is 2.45 bits per heavy atom. The average Bonchev–Trinajstić information content (AvgIpc) is 3.19. The molecule has 1 amide bonds. The Morgan fingerprint density at radius 2 is 1.74 bits per heavy atom. The molecular weight excluding hydrogens is 408 g/mol. The smallest absolute Gasteiger partial charge is 0.224 e. The molecule has 1 aromatic heterocycles. The number of imidazole rings is 1. The van der Waals surface area contributed by atoms with Crippen molar-refractivity contribution in [2.24, 2.45) is 5.92 Å². The topological polar surface area (TPSA) is 50.2 Å². The Morgan fingerprint density at radius 1 is 1.06 bits per heavy atom. The number of hydrogen-bond acceptors (Lipinski definition) is 3. The van der Waals surface area contributed by atoms with Crippen LogP contribution in [0.3, 0.4) is 0 Å². The van der Waals surface area contributed by atoms with Crippen molar-refractivity contribution >= 4 is 17.5 Å². The molecule has 1 aliphatic heterocycles. The first kappa shape index (κ1) is 21.6. The quantitative estimate of drug-likeness (QED) is 0.596. The van der Waals surface area contributed by atoms with Gasteiger partial charge in [-0.05, 0) is 55.1 Å². The lowest BCUT2D eigenvalue weighted by Crippen LogP contribution is -2.42. The number of aromatic nitrogens is 2. The van der Waals surface area contributed by atoms with Crippen molar-refractivity contribution in [2.75, 3.05) is 13.1 Å². The van der Waals surface area contributed by atoms with Crippen molar-refractivity contribution in [1.29, 1.82) is 0 Å². The number of hydrogen-bond donors (Lipinski definition) is 1. The van der Waals surface area contributed by atoms with Gasteiger partial charge in [-0.25, -0.2) is 4.98 Å². The standard InChI is InChI=1S/C25H29ClN4O/c1-19-27-12-14-30(19)17-22-6-4-20(5-7-22)15-28-25(31)23-3-2-13-29(18-23)16-21-8-10-24(26)11-9-21/h4-12,14,23H,2-3,13,15-18H2,1H3,(H,28,31). The van der Waals surface area contributed by atoms with E-state index in [0.29, 0.717) is 6.54 Å². The summed E-state index contributed by atoms with van der Waals surface area (Å²) in [6.45, 7) is 6.08. The van der Waals surface area contributed by atoms with Gasteiger partial charge in [-0.3, -0.25) is 9.69 Å². The van der Waals surface area contributed by atoms with Gasteiger partial charge in [0.2, 0.25) is 5.91 Å². The molecule has 3 aromatic rings. The van der Waals surface area contributed by atoms with Gasteiger partial charge in [0.25, 0.3) is 0 Å². The third kappa shape index (κ3) is 5.96. The molecule has 5 nitrogen and oxygen atoms in total. The monoisotopic (exact) mass is 436 g/mol. The summed E-state index contributed by atoms with van der Waals surface area (Å²) >= 11 is 5.98. The first-order valence-corrected chi connectivity index (χ1v) is 11.2. The highest BCUT2D eigenvalue weighted by Gasteiger charge is 2.25. The van der Waals surface area contributed by atoms with Crippen LogP contribution >= 0.6 is 11.6 Å². The molecule has 2 aromatic carbocycles. The van der Waals surface area contributed by atoms with E-state index in [1.54, 1.807) is 0 Å². The van der Waals surface area contributed by atoms with E-state index in [1.807, 2.05) is 31.5 Å². The summed E-state index contributed by atoms with van der Waals surface area (Å²) < 4.78 is 2.12. The van der Waals surface area contributed by atoms with Gasteiger partial charge < -0.3 is 9.88 Å². The summed E-state index contributed by atoms with van der Waals surface area (Å²) in [5.74, 6) is 1.21. The first-order valence-electron chi connectivity index (χ1n) is 10.9. The van der Waals surface area contributed by atoms with Crippen molar-refractivity contribution in [2.45, 2.75) is 39.4 Å². The van der Waals surface area contributed by atoms with E-state index in [9.17, 15) is 4.79 Å². The highest BCUT2D eigenvalue weighted by molar-refractivity contribution is 6.30. The zero-order valence-electron chi connectivity index (χ0n) is 17.9. The van der Waals surface area contributed by atoms with E-state index in [1.165, 1.54) is 11.1 Å². The molecule has 0 spiro atoms. The highest BCUT2D eigenvalue weighted by atomic mass is 35.5. The molecular formula is C25H29ClN4O. The molecule has 1 unspecified atom stereocenters. The van der Waals surface area contributed by atoms with E-state index in [-0.39, 0.29) is 11.8 Å². The summed E-state index contributed by atoms with van der Waals surface area (Å²) in [7, 11) is 0. The van der Waals surface area contributed by atoms with Crippen LogP contribution in [0.25, 0.3) is 0 Å². The van der Waals surface area contributed by atoms with E-state index >= 15 is 0 Å². The van der Waals surface area contributed by atoms with Crippen molar-refractivity contribution in [3.63, 3.8) is 0 Å². The molecule has 1 atom stereocenters. The summed E-state index contributed by atoms with van der Waals surface area (Å²) in [5.41, 5.74) is 3.58. The van der Waals surface area contributed by atoms with E-state index in [4.69, 9.17) is 11.6 Å². The Balaban J connectivity index is 1.26. The maximum atomic E-state index is 12.8. The van der Waals surface area contributed by atoms with Gasteiger partial charge in [-0.1, -0.05) is 48.0 Å². The number of amides is 1. The van der Waals surface area contributed by atoms with Crippen molar-refractivity contribution in [3.05, 3.63) is 88.5 Å². The lowest BCUT2D eigenvalue weighted by atomic mass is 9.96. The second kappa shape index (κ2) is 10.1. The van der Waals surface area contributed by atoms with Crippen LogP contribution in [0.4, 0.5) is 0 Å². The minimum absolute atomic E-state index is 0.0459. The number of carbonyl (C=O) groups excluding carboxylic acids is 1. The molecule has 1 fully saturated rings. The highest BCUT2D eigenvalue weighted by Crippen LogP contribution is 2.20. The van der Waals surface area contributed by atoms with Gasteiger partial charge in [0.15, 0.2) is 0 Å². The second-order valence-corrected chi connectivity index (χ2v) is 8.77. The molecule has 0 bridgehead atoms. The largest absolute Gasteiger partial charge is 0.352 e. The number of likely N-dealkylation sites (tertiary alicyclic amines) is 1. The van der Waals surface area contributed by atoms with Crippen LogP contribution in [0, 0.1) is 12.8 Å². The number of nitrogens with one attached hydrogen (secondary N) is 1. The van der Waals surface area contributed by atoms with Crippen LogP contribution in [0.2, 0.25) is 5.02 Å². The van der Waals surface area contributed by atoms with Crippen LogP contribution in [-0.2, 0) is 24.4 Å². The van der Waals surface area contributed by atoms with Crippen molar-refractivity contribution < 1.29 is 4.79 Å². The maximum Gasteiger partial charge on any atom is 0.224 e. The molecule has 1 saturated heterocycles. The number of halogens is 1. The number of rotatable bonds is 7. The van der Waals surface area contributed by atoms with Crippen LogP contribution in [0.1, 0.15) is 35.4 Å². The fourth-order valence-corrected chi connectivity index (χ4v) is 4.25. The van der Waals surface area contributed by atoms with Crippen LogP contribution < -0.4 is 5.32 Å². The molecule has 2 heterocycles. The van der Waals surface area contributed by atoms with Crippen molar-refractivity contribution in [3.8, 4) is 0 Å². The second-order valence-electron chi connectivity index (χ2n) is 8.34. The Hall–Kier alpha value is -2.63. The minimum Gasteiger partial charge on any atom is -0.352 e. The number of piperidine rings is 1. The fourth-order valence-electron chi connectivity index (χ4n) is 4.12. The molecule has 0 saturated carbocycles. The SMILES string of the molecule is Cc1nccn1Cc1ccc(CNC(=O)C2CCCN(Cc3ccc(Cl)cc3)C2)cc1. The molecule has 0 radical (unpaired) electrons. The van der Waals surface area contributed by atoms with E-state index in [0.717, 1.165) is 55.4 Å². The summed E-state index contributed by atoms with van der Waals surface area (Å²) in [6, 6.07) is 16.4. The maximum absolute atomic E-state index is 12.8. The first-order chi connectivity index (χ1) is 15.1. The number of nitrogens with zero attached hydrogens (tertiary/aromatic N) is 3. The Bertz CT molecular complexity index is 997. The summed E-state index contributed by atoms with van der Waals surface area (Å²) in [5, 5.41) is 3.89. The fraction of sp³-hybridized carbons (Fsp3) is 0.360. The van der Waals surface area contributed by atoms with Gasteiger partial charge in [0.1, 0.15) is 5.82 Å². The number of aryl methyl sites for hydroxylation is 1. The van der Waals surface area contributed by atoms with Gasteiger partial charge in [0, 0.05) is 43.6 Å². The van der Waals surface area contributed by atoms with Gasteiger partial charge >= 0.3 is 0 Å². The zero-order chi connectivity index (χ0) is 21.6.